The summed E-state index contributed by atoms with van der Waals surface area (Å²) in [5, 5.41) is 12.8. The average molecular weight is 1970 g/mol. The van der Waals surface area contributed by atoms with Gasteiger partial charge in [0.1, 0.15) is 51.2 Å². The number of hydrogen-bond acceptors (Lipinski definition) is 21. The van der Waals surface area contributed by atoms with Gasteiger partial charge in [0.05, 0.1) is 131 Å². The Morgan fingerprint density at radius 3 is 0.585 bits per heavy atom. The van der Waals surface area contributed by atoms with E-state index in [0.717, 1.165) is 181 Å². The summed E-state index contributed by atoms with van der Waals surface area (Å²) in [7, 11) is 0. The molecule has 0 fully saturated rings. The van der Waals surface area contributed by atoms with Crippen LogP contribution in [0.1, 0.15) is 0 Å². The molecule has 714 valence electrons. The van der Waals surface area contributed by atoms with Crippen LogP contribution in [-0.2, 0) is 0 Å². The zero-order chi connectivity index (χ0) is 101. The summed E-state index contributed by atoms with van der Waals surface area (Å²) in [6, 6.07) is 48.8. The summed E-state index contributed by atoms with van der Waals surface area (Å²) in [5.41, 5.74) is 13.8. The van der Waals surface area contributed by atoms with Crippen molar-refractivity contribution in [2.75, 3.05) is 0 Å². The number of pyridine rings is 21. The largest absolute Gasteiger partial charge is 0.339 e. The average Bonchev–Trinajstić information content (AvgIpc) is 1.67. The van der Waals surface area contributed by atoms with Crippen molar-refractivity contribution in [2.45, 2.75) is 0 Å². The van der Waals surface area contributed by atoms with Crippen molar-refractivity contribution in [3.8, 4) is 78.8 Å². The lowest BCUT2D eigenvalue weighted by Gasteiger charge is -2.02. The van der Waals surface area contributed by atoms with E-state index < -0.39 is 82.7 Å². The molecule has 0 aliphatic rings. The Hall–Kier alpha value is -20.2. The maximum atomic E-state index is 13.8. The van der Waals surface area contributed by atoms with E-state index in [1.54, 1.807) is 129 Å². The van der Waals surface area contributed by atoms with Gasteiger partial charge in [-0.25, -0.2) is 72.4 Å². The second-order valence-electron chi connectivity index (χ2n) is 32.3. The Bertz CT molecular complexity index is 8990. The molecule has 28 rings (SSSR count). The highest BCUT2D eigenvalue weighted by Crippen LogP contribution is 2.37. The molecule has 0 unspecified atom stereocenters. The lowest BCUT2D eigenvalue weighted by molar-refractivity contribution is 0.514. The predicted octanol–water partition coefficient (Wildman–Crippen LogP) is 24.2. The quantitative estimate of drug-likeness (QED) is 0.0575. The molecule has 0 saturated carbocycles. The Kier molecular flexibility index (Phi) is 24.2. The molecule has 28 aromatic rings. The number of halogens is 14. The second kappa shape index (κ2) is 38.8. The molecular weight excluding hydrogens is 1920 g/mol. The van der Waals surface area contributed by atoms with E-state index in [2.05, 4.69) is 140 Å². The smallest absolute Gasteiger partial charge is 0.224 e. The molecule has 0 radical (unpaired) electrons. The maximum Gasteiger partial charge on any atom is 0.224 e. The molecule has 0 amide bonds. The van der Waals surface area contributed by atoms with Crippen molar-refractivity contribution in [1.29, 1.82) is 0 Å². The summed E-state index contributed by atoms with van der Waals surface area (Å²) < 4.78 is 188. The van der Waals surface area contributed by atoms with E-state index in [0.29, 0.717) is 79.4 Å². The molecule has 28 aromatic heterocycles. The van der Waals surface area contributed by atoms with Gasteiger partial charge in [0.25, 0.3) is 0 Å². The number of hydrogen-bond donors (Lipinski definition) is 7. The zero-order valence-corrected chi connectivity index (χ0v) is 74.5. The van der Waals surface area contributed by atoms with E-state index in [9.17, 15) is 61.5 Å². The normalized spacial score (nSPS) is 11.3. The minimum atomic E-state index is -0.875. The van der Waals surface area contributed by atoms with Crippen molar-refractivity contribution in [1.82, 2.24) is 140 Å². The number of nitrogens with zero attached hydrogens (tertiary/aromatic N) is 21. The lowest BCUT2D eigenvalue weighted by atomic mass is 10.1. The van der Waals surface area contributed by atoms with Crippen LogP contribution in [0.5, 0.6) is 0 Å². The van der Waals surface area contributed by atoms with E-state index in [1.165, 1.54) is 18.2 Å². The molecule has 7 N–H and O–H groups in total. The van der Waals surface area contributed by atoms with Crippen molar-refractivity contribution in [3.63, 3.8) is 0 Å². The summed E-state index contributed by atoms with van der Waals surface area (Å²) in [4.78, 5) is 104. The maximum absolute atomic E-state index is 13.8. The Morgan fingerprint density at radius 2 is 0.367 bits per heavy atom. The highest BCUT2D eigenvalue weighted by molar-refractivity contribution is 6.11. The van der Waals surface area contributed by atoms with Crippen molar-refractivity contribution in [3.05, 3.63) is 382 Å². The summed E-state index contributed by atoms with van der Waals surface area (Å²) in [5.74, 6) is -10.6. The molecule has 0 atom stereocenters. The van der Waals surface area contributed by atoms with Crippen LogP contribution >= 0.6 is 0 Å². The van der Waals surface area contributed by atoms with Gasteiger partial charge in [-0.05, 0) is 176 Å². The SMILES string of the molecule is [18F]c1cc(-c2ccc3c(n2)[nH]c2ccncc23)c([19F])cn1.[18F]c1ccc(-c2ccc3c(n2)[nH]c2ccncc23)c([19F])n1.[18F]c1nc([19F])ccc1-c1ccc2c(n1)[nH]c1ccncc12.[18F]c1ncc([19F])cc1-c1ccc2c(n1)[nH]c1ccncc12.[19F]c1cc(-c2ccc3c(n2)[nH]c2ccncc23)c([19F])cn1.[19F]c1ccc(-c2ccc3c(n2)[nH]c2ccncc23)c([19F])n1.[19F]c1cnc([19F])c(-c2ccc3c(n2)[nH]c2ccncc23)c1. The van der Waals surface area contributed by atoms with Gasteiger partial charge in [-0.3, -0.25) is 34.9 Å². The fourth-order valence-corrected chi connectivity index (χ4v) is 16.6. The molecule has 42 heteroatoms. The van der Waals surface area contributed by atoms with Gasteiger partial charge in [0, 0.05) is 185 Å². The van der Waals surface area contributed by atoms with E-state index in [1.807, 2.05) is 84.9 Å². The first-order chi connectivity index (χ1) is 71.5. The van der Waals surface area contributed by atoms with E-state index >= 15 is 0 Å². The molecule has 0 spiro atoms. The Morgan fingerprint density at radius 1 is 0.156 bits per heavy atom. The van der Waals surface area contributed by atoms with Crippen LogP contribution in [0.4, 0.5) is 61.5 Å². The number of H-pyrrole nitrogens is 7. The van der Waals surface area contributed by atoms with Crippen molar-refractivity contribution >= 4 is 154 Å². The summed E-state index contributed by atoms with van der Waals surface area (Å²) in [6.45, 7) is 0. The monoisotopic (exact) mass is 1970 g/mol. The fraction of sp³-hybridized carbons (Fsp3) is 0. The molecular formula is C105H56F14N28. The molecule has 0 aliphatic heterocycles. The molecule has 147 heavy (non-hydrogen) atoms. The van der Waals surface area contributed by atoms with Crippen LogP contribution in [0.2, 0.25) is 0 Å². The first-order valence-electron chi connectivity index (χ1n) is 43.9. The van der Waals surface area contributed by atoms with Crippen LogP contribution < -0.4 is 0 Å². The summed E-state index contributed by atoms with van der Waals surface area (Å²) >= 11 is 0. The first-order valence-corrected chi connectivity index (χ1v) is 43.9. The van der Waals surface area contributed by atoms with Crippen molar-refractivity contribution in [2.24, 2.45) is 0 Å². The van der Waals surface area contributed by atoms with Gasteiger partial charge >= 0.3 is 0 Å². The number of aromatic amines is 7. The van der Waals surface area contributed by atoms with Gasteiger partial charge in [0.2, 0.25) is 59.5 Å². The van der Waals surface area contributed by atoms with Gasteiger partial charge in [0.15, 0.2) is 11.6 Å². The molecule has 0 bridgehead atoms. The summed E-state index contributed by atoms with van der Waals surface area (Å²) in [6.07, 6.45) is 27.3. The van der Waals surface area contributed by atoms with Gasteiger partial charge in [-0.2, -0.15) is 58.9 Å². The van der Waals surface area contributed by atoms with Crippen LogP contribution in [0.25, 0.3) is 232 Å². The van der Waals surface area contributed by atoms with E-state index in [-0.39, 0.29) is 38.9 Å². The third-order valence-corrected chi connectivity index (χ3v) is 23.4. The number of rotatable bonds is 7. The highest BCUT2D eigenvalue weighted by atomic mass is 19.2. The first kappa shape index (κ1) is 91.8. The highest BCUT2D eigenvalue weighted by Gasteiger charge is 2.22. The molecule has 0 aromatic carbocycles. The number of nitrogens with one attached hydrogen (secondary N) is 7. The van der Waals surface area contributed by atoms with Gasteiger partial charge in [-0.1, -0.05) is 0 Å². The minimum absolute atomic E-state index is 0.0358. The second-order valence-corrected chi connectivity index (χ2v) is 32.3. The van der Waals surface area contributed by atoms with Crippen LogP contribution in [-0.4, -0.2) is 140 Å². The predicted molar refractivity (Wildman–Crippen MR) is 522 cm³/mol. The third-order valence-electron chi connectivity index (χ3n) is 23.4. The fourth-order valence-electron chi connectivity index (χ4n) is 16.6. The molecule has 28 nitrogen and oxygen atoms in total. The minimum Gasteiger partial charge on any atom is -0.339 e. The third kappa shape index (κ3) is 18.5. The molecule has 0 saturated heterocycles. The van der Waals surface area contributed by atoms with Crippen LogP contribution in [0, 0.1) is 82.7 Å². The van der Waals surface area contributed by atoms with Crippen LogP contribution in [0.15, 0.2) is 300 Å². The van der Waals surface area contributed by atoms with E-state index in [4.69, 9.17) is 0 Å². The number of fused-ring (bicyclic) bond motifs is 21. The van der Waals surface area contributed by atoms with Gasteiger partial charge < -0.3 is 34.9 Å². The Labute approximate surface area is 811 Å². The lowest BCUT2D eigenvalue weighted by Crippen LogP contribution is -1.94. The van der Waals surface area contributed by atoms with Crippen LogP contribution in [0.3, 0.4) is 0 Å². The zero-order valence-electron chi connectivity index (χ0n) is 74.5. The van der Waals surface area contributed by atoms with Crippen molar-refractivity contribution < 1.29 is 61.5 Å². The molecule has 0 aliphatic carbocycles. The molecule has 28 heterocycles. The van der Waals surface area contributed by atoms with Gasteiger partial charge in [-0.15, -0.1) is 0 Å². The number of aromatic nitrogens is 28. The Balaban J connectivity index is 0.0000000974. The standard InChI is InChI=1S/7C15H8F2N4/c3*16-13-4-2-9(14(17)21-13)11-3-1-8-10-7-18-6-5-12(10)20-15(8)19-11;2*16-8-5-10(14(17)19-6-8)12-2-1-9-11-7-18-4-3-13(11)21-15(9)20-12;2*16-11-7-19-14(17)5-9(11)12-2-1-8-10-6-18-4-3-13(10)21-15(8)20-12/h3*1-7H,(H,19,20);4*1-7H,(H,20,21)/i16+0,17+0;16+0,17-1;16-1,17+0;16+0,17+0;16+0,17-1;16+0,17+0;16+0,17-1. The topological polar surface area (TPSA) is 381 Å².